The number of benzene rings is 1. The molecule has 0 fully saturated rings. The summed E-state index contributed by atoms with van der Waals surface area (Å²) in [5.41, 5.74) is 2.45. The Kier molecular flexibility index (Phi) is 2.34. The lowest BCUT2D eigenvalue weighted by atomic mass is 10.2. The minimum atomic E-state index is -0.955. The van der Waals surface area contributed by atoms with Crippen LogP contribution in [-0.4, -0.2) is 30.6 Å². The number of carbonyl (C=O) groups is 1. The van der Waals surface area contributed by atoms with E-state index in [0.29, 0.717) is 11.3 Å². The number of carboxylic acids is 1. The molecule has 0 atom stereocenters. The Bertz CT molecular complexity index is 746. The van der Waals surface area contributed by atoms with Crippen LogP contribution in [0.3, 0.4) is 0 Å². The number of rotatable bonds is 2. The summed E-state index contributed by atoms with van der Waals surface area (Å²) in [5, 5.41) is 12.9. The van der Waals surface area contributed by atoms with E-state index in [4.69, 9.17) is 5.11 Å². The Morgan fingerprint density at radius 1 is 1.44 bits per heavy atom. The largest absolute Gasteiger partial charge is 0.478 e. The van der Waals surface area contributed by atoms with Crippen LogP contribution in [0.15, 0.2) is 18.2 Å². The first-order chi connectivity index (χ1) is 8.65. The zero-order valence-electron chi connectivity index (χ0n) is 9.34. The van der Waals surface area contributed by atoms with Crippen molar-refractivity contribution >= 4 is 28.5 Å². The molecule has 0 spiro atoms. The van der Waals surface area contributed by atoms with Gasteiger partial charge in [0.2, 0.25) is 0 Å². The Morgan fingerprint density at radius 3 is 2.94 bits per heavy atom. The second kappa shape index (κ2) is 3.88. The van der Waals surface area contributed by atoms with Crippen molar-refractivity contribution in [2.24, 2.45) is 0 Å². The number of hydrogen-bond acceptors (Lipinski definition) is 5. The third-order valence-electron chi connectivity index (χ3n) is 2.60. The summed E-state index contributed by atoms with van der Waals surface area (Å²) in [6, 6.07) is 4.79. The summed E-state index contributed by atoms with van der Waals surface area (Å²) < 4.78 is 3.85. The fourth-order valence-electron chi connectivity index (χ4n) is 1.70. The van der Waals surface area contributed by atoms with Crippen molar-refractivity contribution in [3.05, 3.63) is 29.5 Å². The monoisotopic (exact) mass is 260 g/mol. The van der Waals surface area contributed by atoms with E-state index in [1.54, 1.807) is 12.1 Å². The van der Waals surface area contributed by atoms with Crippen LogP contribution in [0, 0.1) is 6.92 Å². The number of aromatic carboxylic acids is 1. The van der Waals surface area contributed by atoms with Crippen molar-refractivity contribution in [3.63, 3.8) is 0 Å². The third-order valence-corrected chi connectivity index (χ3v) is 3.43. The fraction of sp³-hybridized carbons (Fsp3) is 0.0909. The molecule has 2 heterocycles. The van der Waals surface area contributed by atoms with Crippen LogP contribution in [0.25, 0.3) is 21.7 Å². The van der Waals surface area contributed by atoms with Gasteiger partial charge in [-0.15, -0.1) is 5.10 Å². The maximum absolute atomic E-state index is 10.9. The van der Waals surface area contributed by atoms with E-state index in [9.17, 15) is 4.79 Å². The van der Waals surface area contributed by atoms with Gasteiger partial charge >= 0.3 is 5.97 Å². The highest BCUT2D eigenvalue weighted by Gasteiger charge is 2.12. The molecule has 3 aromatic rings. The first kappa shape index (κ1) is 10.8. The molecule has 3 rings (SSSR count). The Morgan fingerprint density at radius 2 is 2.28 bits per heavy atom. The van der Waals surface area contributed by atoms with Gasteiger partial charge in [0.1, 0.15) is 4.88 Å². The standard InChI is InChI=1S/C11H8N4O2S/c1-5-9(18-15-14-5)10-12-7-3-2-6(11(16)17)4-8(7)13-10/h2-4H,1H3,(H,12,13)(H,16,17). The number of aromatic nitrogens is 4. The van der Waals surface area contributed by atoms with Gasteiger partial charge in [-0.05, 0) is 36.7 Å². The highest BCUT2D eigenvalue weighted by Crippen LogP contribution is 2.25. The van der Waals surface area contributed by atoms with Gasteiger partial charge in [0.25, 0.3) is 0 Å². The molecule has 0 bridgehead atoms. The number of nitrogens with one attached hydrogen (secondary N) is 1. The molecule has 2 aromatic heterocycles. The molecule has 7 heteroatoms. The predicted octanol–water partition coefficient (Wildman–Crippen LogP) is 2.09. The number of carboxylic acid groups (broad SMARTS) is 1. The van der Waals surface area contributed by atoms with Gasteiger partial charge in [0.05, 0.1) is 22.3 Å². The number of aromatic amines is 1. The van der Waals surface area contributed by atoms with Crippen molar-refractivity contribution in [1.29, 1.82) is 0 Å². The maximum atomic E-state index is 10.9. The van der Waals surface area contributed by atoms with Crippen molar-refractivity contribution in [2.75, 3.05) is 0 Å². The summed E-state index contributed by atoms with van der Waals surface area (Å²) in [6.45, 7) is 1.86. The second-order valence-corrected chi connectivity index (χ2v) is 4.56. The van der Waals surface area contributed by atoms with Gasteiger partial charge in [-0.2, -0.15) is 0 Å². The summed E-state index contributed by atoms with van der Waals surface area (Å²) in [5.74, 6) is -0.288. The third kappa shape index (κ3) is 1.65. The molecule has 0 saturated heterocycles. The summed E-state index contributed by atoms with van der Waals surface area (Å²) in [6.07, 6.45) is 0. The minimum Gasteiger partial charge on any atom is -0.478 e. The van der Waals surface area contributed by atoms with Crippen LogP contribution in [0.4, 0.5) is 0 Å². The van der Waals surface area contributed by atoms with Crippen molar-refractivity contribution in [1.82, 2.24) is 19.6 Å². The quantitative estimate of drug-likeness (QED) is 0.736. The van der Waals surface area contributed by atoms with E-state index < -0.39 is 5.97 Å². The Balaban J connectivity index is 2.17. The minimum absolute atomic E-state index is 0.233. The number of nitrogens with zero attached hydrogens (tertiary/aromatic N) is 3. The lowest BCUT2D eigenvalue weighted by Gasteiger charge is -1.92. The topological polar surface area (TPSA) is 91.8 Å². The van der Waals surface area contributed by atoms with Crippen molar-refractivity contribution in [2.45, 2.75) is 6.92 Å². The van der Waals surface area contributed by atoms with E-state index in [-0.39, 0.29) is 5.56 Å². The maximum Gasteiger partial charge on any atom is 0.335 e. The number of fused-ring (bicyclic) bond motifs is 1. The van der Waals surface area contributed by atoms with Gasteiger partial charge in [-0.25, -0.2) is 9.78 Å². The van der Waals surface area contributed by atoms with Crippen LogP contribution < -0.4 is 0 Å². The smallest absolute Gasteiger partial charge is 0.335 e. The molecule has 0 unspecified atom stereocenters. The van der Waals surface area contributed by atoms with E-state index in [1.165, 1.54) is 17.6 Å². The molecule has 6 nitrogen and oxygen atoms in total. The number of aryl methyl sites for hydroxylation is 1. The van der Waals surface area contributed by atoms with Crippen LogP contribution >= 0.6 is 11.5 Å². The first-order valence-electron chi connectivity index (χ1n) is 5.17. The number of H-pyrrole nitrogens is 1. The average molecular weight is 260 g/mol. The van der Waals surface area contributed by atoms with Crippen molar-refractivity contribution < 1.29 is 9.90 Å². The molecular weight excluding hydrogens is 252 g/mol. The van der Waals surface area contributed by atoms with Gasteiger partial charge in [0, 0.05) is 0 Å². The summed E-state index contributed by atoms with van der Waals surface area (Å²) in [7, 11) is 0. The van der Waals surface area contributed by atoms with Crippen molar-refractivity contribution in [3.8, 4) is 10.7 Å². The van der Waals surface area contributed by atoms with E-state index in [2.05, 4.69) is 19.6 Å². The first-order valence-corrected chi connectivity index (χ1v) is 5.95. The predicted molar refractivity (Wildman–Crippen MR) is 66.7 cm³/mol. The van der Waals surface area contributed by atoms with Gasteiger partial charge in [-0.3, -0.25) is 0 Å². The normalized spacial score (nSPS) is 10.9. The Hall–Kier alpha value is -2.28. The lowest BCUT2D eigenvalue weighted by molar-refractivity contribution is 0.0697. The van der Waals surface area contributed by atoms with E-state index in [0.717, 1.165) is 16.1 Å². The molecule has 0 radical (unpaired) electrons. The summed E-state index contributed by atoms with van der Waals surface area (Å²) in [4.78, 5) is 19.2. The van der Waals surface area contributed by atoms with E-state index >= 15 is 0 Å². The highest BCUT2D eigenvalue weighted by atomic mass is 32.1. The van der Waals surface area contributed by atoms with E-state index in [1.807, 2.05) is 6.92 Å². The number of imidazole rings is 1. The molecule has 0 amide bonds. The van der Waals surface area contributed by atoms with Crippen LogP contribution in [-0.2, 0) is 0 Å². The van der Waals surface area contributed by atoms with Gasteiger partial charge in [0.15, 0.2) is 5.82 Å². The molecule has 0 aliphatic carbocycles. The molecule has 0 aliphatic rings. The van der Waals surface area contributed by atoms with Gasteiger partial charge < -0.3 is 10.1 Å². The average Bonchev–Trinajstić information content (AvgIpc) is 2.92. The Labute approximate surface area is 105 Å². The highest BCUT2D eigenvalue weighted by molar-refractivity contribution is 7.09. The molecule has 0 aliphatic heterocycles. The van der Waals surface area contributed by atoms with Gasteiger partial charge in [-0.1, -0.05) is 4.49 Å². The van der Waals surface area contributed by atoms with Crippen LogP contribution in [0.5, 0.6) is 0 Å². The lowest BCUT2D eigenvalue weighted by Crippen LogP contribution is -1.94. The second-order valence-electron chi connectivity index (χ2n) is 3.81. The molecule has 90 valence electrons. The summed E-state index contributed by atoms with van der Waals surface area (Å²) >= 11 is 1.26. The zero-order chi connectivity index (χ0) is 12.7. The molecule has 0 saturated carbocycles. The molecule has 18 heavy (non-hydrogen) atoms. The molecule has 2 N–H and O–H groups in total. The van der Waals surface area contributed by atoms with Crippen LogP contribution in [0.1, 0.15) is 16.1 Å². The van der Waals surface area contributed by atoms with Crippen LogP contribution in [0.2, 0.25) is 0 Å². The molecular formula is C11H8N4O2S. The SMILES string of the molecule is Cc1nnsc1-c1nc2ccc(C(=O)O)cc2[nH]1. The number of hydrogen-bond donors (Lipinski definition) is 2. The fourth-order valence-corrected chi connectivity index (χ4v) is 2.30. The molecule has 1 aromatic carbocycles. The zero-order valence-corrected chi connectivity index (χ0v) is 10.2.